The molecule has 0 aromatic carbocycles. The van der Waals surface area contributed by atoms with Gasteiger partial charge in [-0.3, -0.25) is 9.80 Å². The third-order valence-corrected chi connectivity index (χ3v) is 5.39. The summed E-state index contributed by atoms with van der Waals surface area (Å²) in [7, 11) is 2.10. The smallest absolute Gasteiger partial charge is 0.191 e. The Morgan fingerprint density at radius 1 is 1.12 bits per heavy atom. The monoisotopic (exact) mass is 360 g/mol. The van der Waals surface area contributed by atoms with E-state index in [1.165, 1.54) is 6.42 Å². The summed E-state index contributed by atoms with van der Waals surface area (Å²) in [5, 5.41) is 9.03. The van der Waals surface area contributed by atoms with E-state index in [0.29, 0.717) is 5.92 Å². The number of nitrogens with zero attached hydrogens (tertiary/aromatic N) is 6. The molecule has 142 valence electrons. The van der Waals surface area contributed by atoms with Gasteiger partial charge in [-0.2, -0.15) is 0 Å². The summed E-state index contributed by atoms with van der Waals surface area (Å²) in [6, 6.07) is 0. The summed E-state index contributed by atoms with van der Waals surface area (Å²) in [5.41, 5.74) is 1.01. The van der Waals surface area contributed by atoms with Crippen molar-refractivity contribution in [3.63, 3.8) is 0 Å². The third-order valence-electron chi connectivity index (χ3n) is 5.39. The molecule has 8 nitrogen and oxygen atoms in total. The van der Waals surface area contributed by atoms with Gasteiger partial charge in [0.25, 0.3) is 0 Å². The number of likely N-dealkylation sites (tertiary alicyclic amines) is 1. The van der Waals surface area contributed by atoms with E-state index in [1.54, 1.807) is 6.26 Å². The van der Waals surface area contributed by atoms with Crippen LogP contribution in [0, 0.1) is 6.92 Å². The fourth-order valence-electron chi connectivity index (χ4n) is 3.95. The normalized spacial score (nSPS) is 22.8. The van der Waals surface area contributed by atoms with Crippen LogP contribution in [0.2, 0.25) is 0 Å². The van der Waals surface area contributed by atoms with E-state index in [2.05, 4.69) is 36.6 Å². The summed E-state index contributed by atoms with van der Waals surface area (Å²) in [4.78, 5) is 9.26. The first kappa shape index (κ1) is 17.6. The highest BCUT2D eigenvalue weighted by Gasteiger charge is 2.27. The van der Waals surface area contributed by atoms with Crippen molar-refractivity contribution in [3.8, 4) is 0 Å². The Labute approximate surface area is 154 Å². The van der Waals surface area contributed by atoms with Crippen LogP contribution in [0.5, 0.6) is 0 Å². The first-order valence-corrected chi connectivity index (χ1v) is 9.50. The van der Waals surface area contributed by atoms with Crippen molar-refractivity contribution in [1.82, 2.24) is 29.5 Å². The number of hydrogen-bond donors (Lipinski definition) is 0. The van der Waals surface area contributed by atoms with Crippen molar-refractivity contribution in [3.05, 3.63) is 29.5 Å². The molecule has 2 aliphatic rings. The summed E-state index contributed by atoms with van der Waals surface area (Å²) >= 11 is 0. The molecule has 0 aliphatic carbocycles. The van der Waals surface area contributed by atoms with Gasteiger partial charge >= 0.3 is 0 Å². The molecular formula is C18H28N6O2. The van der Waals surface area contributed by atoms with Gasteiger partial charge < -0.3 is 13.7 Å². The lowest BCUT2D eigenvalue weighted by atomic mass is 9.97. The number of aryl methyl sites for hydroxylation is 1. The van der Waals surface area contributed by atoms with Crippen LogP contribution >= 0.6 is 0 Å². The van der Waals surface area contributed by atoms with E-state index in [1.807, 2.05) is 6.92 Å². The molecule has 8 heteroatoms. The highest BCUT2D eigenvalue weighted by molar-refractivity contribution is 5.05. The number of piperidine rings is 1. The molecule has 2 aromatic rings. The fraction of sp³-hybridized carbons (Fsp3) is 0.722. The number of oxazole rings is 1. The average molecular weight is 360 g/mol. The Bertz CT molecular complexity index is 721. The molecule has 1 atom stereocenters. The van der Waals surface area contributed by atoms with Crippen molar-refractivity contribution in [2.24, 2.45) is 7.05 Å². The Balaban J connectivity index is 1.40. The number of morpholine rings is 1. The molecule has 0 saturated carbocycles. The molecule has 0 amide bonds. The van der Waals surface area contributed by atoms with Gasteiger partial charge in [0.15, 0.2) is 5.89 Å². The first-order valence-electron chi connectivity index (χ1n) is 9.50. The van der Waals surface area contributed by atoms with Gasteiger partial charge in [0, 0.05) is 46.1 Å². The highest BCUT2D eigenvalue weighted by atomic mass is 16.5. The van der Waals surface area contributed by atoms with Gasteiger partial charge in [0.1, 0.15) is 17.9 Å². The summed E-state index contributed by atoms with van der Waals surface area (Å²) < 4.78 is 13.0. The summed E-state index contributed by atoms with van der Waals surface area (Å²) in [5.74, 6) is 3.31. The van der Waals surface area contributed by atoms with Crippen LogP contribution in [-0.2, 0) is 24.9 Å². The molecule has 2 aliphatic heterocycles. The van der Waals surface area contributed by atoms with E-state index in [4.69, 9.17) is 9.15 Å². The lowest BCUT2D eigenvalue weighted by Gasteiger charge is -2.31. The predicted octanol–water partition coefficient (Wildman–Crippen LogP) is 1.32. The minimum absolute atomic E-state index is 0.424. The van der Waals surface area contributed by atoms with E-state index in [-0.39, 0.29) is 0 Å². The molecule has 4 rings (SSSR count). The minimum Gasteiger partial charge on any atom is -0.449 e. The largest absolute Gasteiger partial charge is 0.449 e. The maximum atomic E-state index is 5.43. The Kier molecular flexibility index (Phi) is 5.33. The zero-order chi connectivity index (χ0) is 17.9. The van der Waals surface area contributed by atoms with Crippen molar-refractivity contribution in [2.75, 3.05) is 39.4 Å². The topological polar surface area (TPSA) is 72.5 Å². The number of hydrogen-bond acceptors (Lipinski definition) is 7. The molecular weight excluding hydrogens is 332 g/mol. The van der Waals surface area contributed by atoms with E-state index in [9.17, 15) is 0 Å². The fourth-order valence-corrected chi connectivity index (χ4v) is 3.95. The van der Waals surface area contributed by atoms with Crippen LogP contribution in [0.1, 0.15) is 42.0 Å². The lowest BCUT2D eigenvalue weighted by molar-refractivity contribution is 0.0326. The summed E-state index contributed by atoms with van der Waals surface area (Å²) in [6.07, 6.45) is 4.10. The second-order valence-corrected chi connectivity index (χ2v) is 7.35. The van der Waals surface area contributed by atoms with Crippen LogP contribution in [-0.4, -0.2) is 68.9 Å². The Morgan fingerprint density at radius 2 is 1.96 bits per heavy atom. The van der Waals surface area contributed by atoms with Crippen LogP contribution in [0.3, 0.4) is 0 Å². The number of aromatic nitrogens is 4. The van der Waals surface area contributed by atoms with E-state index in [0.717, 1.165) is 82.1 Å². The molecule has 0 bridgehead atoms. The maximum Gasteiger partial charge on any atom is 0.191 e. The van der Waals surface area contributed by atoms with Crippen molar-refractivity contribution in [1.29, 1.82) is 0 Å². The molecule has 2 aromatic heterocycles. The summed E-state index contributed by atoms with van der Waals surface area (Å²) in [6.45, 7) is 9.23. The van der Waals surface area contributed by atoms with Crippen LogP contribution in [0.25, 0.3) is 0 Å². The second kappa shape index (κ2) is 7.85. The van der Waals surface area contributed by atoms with Gasteiger partial charge in [-0.15, -0.1) is 10.2 Å². The van der Waals surface area contributed by atoms with Crippen LogP contribution < -0.4 is 0 Å². The van der Waals surface area contributed by atoms with Gasteiger partial charge in [-0.05, 0) is 19.4 Å². The molecule has 4 heterocycles. The average Bonchev–Trinajstić information content (AvgIpc) is 3.22. The van der Waals surface area contributed by atoms with Crippen molar-refractivity contribution >= 4 is 0 Å². The molecule has 26 heavy (non-hydrogen) atoms. The molecule has 0 N–H and O–H groups in total. The van der Waals surface area contributed by atoms with Gasteiger partial charge in [0.05, 0.1) is 25.5 Å². The second-order valence-electron chi connectivity index (χ2n) is 7.35. The predicted molar refractivity (Wildman–Crippen MR) is 95.6 cm³/mol. The lowest BCUT2D eigenvalue weighted by Crippen LogP contribution is -2.36. The van der Waals surface area contributed by atoms with Crippen molar-refractivity contribution < 1.29 is 9.15 Å². The first-order chi connectivity index (χ1) is 12.7. The van der Waals surface area contributed by atoms with Gasteiger partial charge in [0.2, 0.25) is 0 Å². The SMILES string of the molecule is Cc1nc(CN2CCCC(c3nnc(CN4CCOCC4)n3C)C2)co1. The van der Waals surface area contributed by atoms with E-state index >= 15 is 0 Å². The van der Waals surface area contributed by atoms with E-state index < -0.39 is 0 Å². The van der Waals surface area contributed by atoms with Crippen molar-refractivity contribution in [2.45, 2.75) is 38.8 Å². The minimum atomic E-state index is 0.424. The third kappa shape index (κ3) is 3.97. The molecule has 2 saturated heterocycles. The number of rotatable bonds is 5. The standard InChI is InChI=1S/C18H28N6O2/c1-14-19-16(13-26-14)11-24-5-3-4-15(10-24)18-21-20-17(22(18)2)12-23-6-8-25-9-7-23/h13,15H,3-12H2,1-2H3. The molecule has 0 spiro atoms. The highest BCUT2D eigenvalue weighted by Crippen LogP contribution is 2.27. The molecule has 1 unspecified atom stereocenters. The maximum absolute atomic E-state index is 5.43. The Morgan fingerprint density at radius 3 is 2.73 bits per heavy atom. The quantitative estimate of drug-likeness (QED) is 0.796. The van der Waals surface area contributed by atoms with Crippen LogP contribution in [0.4, 0.5) is 0 Å². The zero-order valence-electron chi connectivity index (χ0n) is 15.7. The molecule has 2 fully saturated rings. The van der Waals surface area contributed by atoms with Gasteiger partial charge in [-0.1, -0.05) is 0 Å². The van der Waals surface area contributed by atoms with Crippen LogP contribution in [0.15, 0.2) is 10.7 Å². The van der Waals surface area contributed by atoms with Gasteiger partial charge in [-0.25, -0.2) is 4.98 Å². The Hall–Kier alpha value is -1.77. The number of ether oxygens (including phenoxy) is 1. The zero-order valence-corrected chi connectivity index (χ0v) is 15.7. The molecule has 0 radical (unpaired) electrons.